The number of carbonyl (C=O) groups is 1. The van der Waals surface area contributed by atoms with Crippen LogP contribution < -0.4 is 5.32 Å². The Kier molecular flexibility index (Phi) is 7.21. The molecule has 0 spiro atoms. The fourth-order valence-corrected chi connectivity index (χ4v) is 3.97. The minimum absolute atomic E-state index is 0.0305. The van der Waals surface area contributed by atoms with Gasteiger partial charge in [0.25, 0.3) is 5.91 Å². The van der Waals surface area contributed by atoms with E-state index in [1.165, 1.54) is 17.8 Å². The van der Waals surface area contributed by atoms with E-state index in [2.05, 4.69) is 21.2 Å². The summed E-state index contributed by atoms with van der Waals surface area (Å²) >= 11 is 10.8. The van der Waals surface area contributed by atoms with Crippen LogP contribution in [0.3, 0.4) is 0 Å². The summed E-state index contributed by atoms with van der Waals surface area (Å²) in [5.41, 5.74) is 0.928. The second kappa shape index (κ2) is 9.84. The number of benzene rings is 2. The minimum Gasteiger partial charge on any atom is -0.449 e. The second-order valence-corrected chi connectivity index (χ2v) is 8.45. The van der Waals surface area contributed by atoms with Crippen molar-refractivity contribution in [2.24, 2.45) is 0 Å². The molecule has 1 aromatic heterocycles. The molecular weight excluding hydrogens is 472 g/mol. The maximum absolute atomic E-state index is 12.5. The molecule has 3 rings (SSSR count). The van der Waals surface area contributed by atoms with Crippen molar-refractivity contribution in [2.45, 2.75) is 23.0 Å². The van der Waals surface area contributed by atoms with Crippen LogP contribution in [0.1, 0.15) is 24.3 Å². The Balaban J connectivity index is 1.74. The van der Waals surface area contributed by atoms with Crippen LogP contribution in [0.4, 0.5) is 0 Å². The first kappa shape index (κ1) is 21.3. The molecule has 1 N–H and O–H groups in total. The quantitative estimate of drug-likeness (QED) is 0.313. The van der Waals surface area contributed by atoms with E-state index in [4.69, 9.17) is 16.0 Å². The van der Waals surface area contributed by atoms with Crippen molar-refractivity contribution in [1.29, 1.82) is 5.26 Å². The van der Waals surface area contributed by atoms with Gasteiger partial charge in [0.05, 0.1) is 10.5 Å². The van der Waals surface area contributed by atoms with Gasteiger partial charge in [0, 0.05) is 16.0 Å². The summed E-state index contributed by atoms with van der Waals surface area (Å²) in [5, 5.41) is 13.5. The molecule has 1 heterocycles. The van der Waals surface area contributed by atoms with Crippen molar-refractivity contribution in [3.63, 3.8) is 0 Å². The molecular formula is C22H16BrClN2O2S. The van der Waals surface area contributed by atoms with Crippen LogP contribution in [0.2, 0.25) is 5.02 Å². The highest BCUT2D eigenvalue weighted by atomic mass is 79.9. The maximum Gasteiger partial charge on any atom is 0.262 e. The Morgan fingerprint density at radius 1 is 1.24 bits per heavy atom. The van der Waals surface area contributed by atoms with Gasteiger partial charge in [0.2, 0.25) is 0 Å². The van der Waals surface area contributed by atoms with Gasteiger partial charge in [-0.25, -0.2) is 0 Å². The van der Waals surface area contributed by atoms with Gasteiger partial charge in [-0.3, -0.25) is 4.79 Å². The summed E-state index contributed by atoms with van der Waals surface area (Å²) in [4.78, 5) is 13.5. The zero-order chi connectivity index (χ0) is 20.8. The highest BCUT2D eigenvalue weighted by Crippen LogP contribution is 2.36. The number of halogens is 2. The number of hydrogen-bond acceptors (Lipinski definition) is 4. The summed E-state index contributed by atoms with van der Waals surface area (Å²) in [6, 6.07) is 20.4. The number of nitrogens with one attached hydrogen (secondary N) is 1. The molecule has 1 atom stereocenters. The number of amides is 1. The molecule has 0 saturated carbocycles. The molecule has 146 valence electrons. The highest BCUT2D eigenvalue weighted by Gasteiger charge is 2.16. The number of nitrogens with zero attached hydrogens (tertiary/aromatic N) is 1. The molecule has 7 heteroatoms. The third kappa shape index (κ3) is 5.77. The Labute approximate surface area is 186 Å². The van der Waals surface area contributed by atoms with Crippen LogP contribution in [0.15, 0.2) is 85.1 Å². The van der Waals surface area contributed by atoms with Gasteiger partial charge in [-0.1, -0.05) is 53.7 Å². The lowest BCUT2D eigenvalue weighted by Crippen LogP contribution is -2.27. The van der Waals surface area contributed by atoms with Gasteiger partial charge >= 0.3 is 0 Å². The van der Waals surface area contributed by atoms with E-state index >= 15 is 0 Å². The number of furan rings is 1. The summed E-state index contributed by atoms with van der Waals surface area (Å²) < 4.78 is 6.53. The summed E-state index contributed by atoms with van der Waals surface area (Å²) in [6.07, 6.45) is 1.43. The van der Waals surface area contributed by atoms with Crippen molar-refractivity contribution in [2.75, 3.05) is 0 Å². The van der Waals surface area contributed by atoms with Crippen molar-refractivity contribution in [3.8, 4) is 6.07 Å². The summed E-state index contributed by atoms with van der Waals surface area (Å²) in [7, 11) is 0. The molecule has 0 aliphatic rings. The van der Waals surface area contributed by atoms with Crippen molar-refractivity contribution in [1.82, 2.24) is 5.32 Å². The monoisotopic (exact) mass is 486 g/mol. The van der Waals surface area contributed by atoms with Gasteiger partial charge in [-0.15, -0.1) is 0 Å². The normalized spacial score (nSPS) is 12.3. The number of rotatable bonds is 6. The predicted molar refractivity (Wildman–Crippen MR) is 119 cm³/mol. The topological polar surface area (TPSA) is 66.0 Å². The molecule has 3 aromatic rings. The molecule has 0 bridgehead atoms. The van der Waals surface area contributed by atoms with Crippen LogP contribution in [0.5, 0.6) is 0 Å². The van der Waals surface area contributed by atoms with Crippen LogP contribution in [0, 0.1) is 11.3 Å². The standard InChI is InChI=1S/C22H16BrClN2O2S/c1-14(15-5-3-2-4-6-15)26-21(27)16(13-25)11-18-12-20(23)22(28-18)29-19-9-7-17(24)8-10-19/h2-12,14H,1H3,(H,26,27)/b16-11-/t14-/m1/s1. The smallest absolute Gasteiger partial charge is 0.262 e. The van der Waals surface area contributed by atoms with Gasteiger partial charge in [-0.05, 0) is 58.7 Å². The van der Waals surface area contributed by atoms with Gasteiger partial charge in [0.15, 0.2) is 5.09 Å². The van der Waals surface area contributed by atoms with E-state index in [0.29, 0.717) is 15.9 Å². The van der Waals surface area contributed by atoms with E-state index in [9.17, 15) is 10.1 Å². The van der Waals surface area contributed by atoms with E-state index in [1.807, 2.05) is 55.5 Å². The molecule has 1 amide bonds. The second-order valence-electron chi connectivity index (χ2n) is 6.12. The molecule has 29 heavy (non-hydrogen) atoms. The number of nitriles is 1. The van der Waals surface area contributed by atoms with Crippen molar-refractivity contribution >= 4 is 51.3 Å². The SMILES string of the molecule is C[C@@H](NC(=O)/C(C#N)=C\c1cc(Br)c(Sc2ccc(Cl)cc2)o1)c1ccccc1. The lowest BCUT2D eigenvalue weighted by atomic mass is 10.1. The molecule has 0 saturated heterocycles. The fourth-order valence-electron chi connectivity index (χ4n) is 2.51. The lowest BCUT2D eigenvalue weighted by molar-refractivity contribution is -0.117. The van der Waals surface area contributed by atoms with Crippen molar-refractivity contribution < 1.29 is 9.21 Å². The van der Waals surface area contributed by atoms with Crippen molar-refractivity contribution in [3.05, 3.63) is 87.1 Å². The lowest BCUT2D eigenvalue weighted by Gasteiger charge is -2.13. The van der Waals surface area contributed by atoms with Crippen LogP contribution in [-0.4, -0.2) is 5.91 Å². The number of carbonyl (C=O) groups excluding carboxylic acids is 1. The Morgan fingerprint density at radius 3 is 2.59 bits per heavy atom. The first-order valence-corrected chi connectivity index (χ1v) is 10.7. The molecule has 0 radical (unpaired) electrons. The van der Waals surface area contributed by atoms with E-state index in [1.54, 1.807) is 18.2 Å². The molecule has 0 unspecified atom stereocenters. The average molecular weight is 488 g/mol. The Morgan fingerprint density at radius 2 is 1.93 bits per heavy atom. The zero-order valence-electron chi connectivity index (χ0n) is 15.4. The van der Waals surface area contributed by atoms with Gasteiger partial charge < -0.3 is 9.73 Å². The zero-order valence-corrected chi connectivity index (χ0v) is 18.5. The fraction of sp³-hybridized carbons (Fsp3) is 0.0909. The van der Waals surface area contributed by atoms with Crippen LogP contribution in [-0.2, 0) is 4.79 Å². The summed E-state index contributed by atoms with van der Waals surface area (Å²) in [5.74, 6) is -0.0457. The van der Waals surface area contributed by atoms with E-state index in [0.717, 1.165) is 14.9 Å². The van der Waals surface area contributed by atoms with Crippen LogP contribution in [0.25, 0.3) is 6.08 Å². The molecule has 0 aliphatic carbocycles. The van der Waals surface area contributed by atoms with E-state index < -0.39 is 5.91 Å². The third-order valence-corrected chi connectivity index (χ3v) is 6.10. The average Bonchev–Trinajstić information content (AvgIpc) is 3.07. The maximum atomic E-state index is 12.5. The molecule has 2 aromatic carbocycles. The van der Waals surface area contributed by atoms with Gasteiger partial charge in [0.1, 0.15) is 17.4 Å². The minimum atomic E-state index is -0.455. The highest BCUT2D eigenvalue weighted by molar-refractivity contribution is 9.10. The first-order valence-electron chi connectivity index (χ1n) is 8.66. The molecule has 4 nitrogen and oxygen atoms in total. The predicted octanol–water partition coefficient (Wildman–Crippen LogP) is 6.63. The Bertz CT molecular complexity index is 1070. The Hall–Kier alpha value is -2.46. The van der Waals surface area contributed by atoms with Gasteiger partial charge in [-0.2, -0.15) is 5.26 Å². The molecule has 0 fully saturated rings. The van der Waals surface area contributed by atoms with E-state index in [-0.39, 0.29) is 11.6 Å². The van der Waals surface area contributed by atoms with Crippen LogP contribution >= 0.6 is 39.3 Å². The largest absolute Gasteiger partial charge is 0.449 e. The number of hydrogen-bond donors (Lipinski definition) is 1. The molecule has 0 aliphatic heterocycles. The third-order valence-electron chi connectivity index (χ3n) is 4.00. The summed E-state index contributed by atoms with van der Waals surface area (Å²) in [6.45, 7) is 1.87. The first-order chi connectivity index (χ1) is 14.0.